The SMILES string of the molecule is O=S(=O)(O)C(F)(F)Cc1ccccc1. The predicted octanol–water partition coefficient (Wildman–Crippen LogP) is 1.71. The summed E-state index contributed by atoms with van der Waals surface area (Å²) >= 11 is 0. The molecule has 0 radical (unpaired) electrons. The first-order valence-electron chi connectivity index (χ1n) is 3.72. The summed E-state index contributed by atoms with van der Waals surface area (Å²) in [5.41, 5.74) is 0.148. The molecule has 0 aromatic heterocycles. The minimum absolute atomic E-state index is 0.148. The molecule has 0 heterocycles. The Balaban J connectivity index is 2.90. The largest absolute Gasteiger partial charge is 0.373 e. The van der Waals surface area contributed by atoms with Crippen LogP contribution in [0.5, 0.6) is 0 Å². The number of alkyl halides is 2. The van der Waals surface area contributed by atoms with Gasteiger partial charge in [-0.15, -0.1) is 0 Å². The monoisotopic (exact) mass is 222 g/mol. The first kappa shape index (κ1) is 11.1. The van der Waals surface area contributed by atoms with E-state index in [4.69, 9.17) is 4.55 Å². The van der Waals surface area contributed by atoms with Crippen LogP contribution in [0.2, 0.25) is 0 Å². The molecule has 0 saturated carbocycles. The fourth-order valence-corrected chi connectivity index (χ4v) is 1.27. The van der Waals surface area contributed by atoms with E-state index in [2.05, 4.69) is 0 Å². The van der Waals surface area contributed by atoms with E-state index in [9.17, 15) is 17.2 Å². The summed E-state index contributed by atoms with van der Waals surface area (Å²) in [6.45, 7) is 0. The Hall–Kier alpha value is -1.01. The van der Waals surface area contributed by atoms with Crippen LogP contribution in [-0.2, 0) is 16.5 Å². The maximum Gasteiger partial charge on any atom is 0.373 e. The van der Waals surface area contributed by atoms with E-state index in [-0.39, 0.29) is 5.56 Å². The number of hydrogen-bond acceptors (Lipinski definition) is 2. The molecule has 0 spiro atoms. The third-order valence-corrected chi connectivity index (χ3v) is 2.53. The van der Waals surface area contributed by atoms with Crippen molar-refractivity contribution in [2.24, 2.45) is 0 Å². The van der Waals surface area contributed by atoms with Gasteiger partial charge in [-0.1, -0.05) is 30.3 Å². The molecule has 0 aliphatic rings. The van der Waals surface area contributed by atoms with Crippen LogP contribution in [0.3, 0.4) is 0 Å². The molecule has 0 aliphatic carbocycles. The quantitative estimate of drug-likeness (QED) is 0.792. The molecule has 3 nitrogen and oxygen atoms in total. The second-order valence-electron chi connectivity index (χ2n) is 2.77. The fraction of sp³-hybridized carbons (Fsp3) is 0.250. The molecule has 0 aliphatic heterocycles. The zero-order valence-electron chi connectivity index (χ0n) is 7.02. The summed E-state index contributed by atoms with van der Waals surface area (Å²) in [6, 6.07) is 7.36. The standard InChI is InChI=1S/C8H8F2O3S/c9-8(10,14(11,12)13)6-7-4-2-1-3-5-7/h1-5H,6H2,(H,11,12,13). The average molecular weight is 222 g/mol. The van der Waals surface area contributed by atoms with E-state index in [1.165, 1.54) is 24.3 Å². The highest BCUT2D eigenvalue weighted by Crippen LogP contribution is 2.25. The van der Waals surface area contributed by atoms with E-state index in [1.54, 1.807) is 6.07 Å². The van der Waals surface area contributed by atoms with Gasteiger partial charge >= 0.3 is 15.4 Å². The fourth-order valence-electron chi connectivity index (χ4n) is 0.925. The van der Waals surface area contributed by atoms with Crippen LogP contribution in [0, 0.1) is 0 Å². The molecule has 6 heteroatoms. The summed E-state index contributed by atoms with van der Waals surface area (Å²) in [7, 11) is -5.33. The van der Waals surface area contributed by atoms with Crippen molar-refractivity contribution in [2.75, 3.05) is 0 Å². The first-order valence-corrected chi connectivity index (χ1v) is 5.16. The van der Waals surface area contributed by atoms with Crippen LogP contribution < -0.4 is 0 Å². The zero-order valence-corrected chi connectivity index (χ0v) is 7.84. The van der Waals surface area contributed by atoms with Gasteiger partial charge in [0, 0.05) is 0 Å². The lowest BCUT2D eigenvalue weighted by molar-refractivity contribution is 0.0813. The van der Waals surface area contributed by atoms with Crippen LogP contribution in [0.25, 0.3) is 0 Å². The van der Waals surface area contributed by atoms with Gasteiger partial charge in [0.05, 0.1) is 6.42 Å². The van der Waals surface area contributed by atoms with Crippen molar-refractivity contribution in [1.82, 2.24) is 0 Å². The first-order chi connectivity index (χ1) is 6.33. The Bertz CT molecular complexity index is 400. The highest BCUT2D eigenvalue weighted by atomic mass is 32.2. The van der Waals surface area contributed by atoms with E-state index >= 15 is 0 Å². The molecule has 14 heavy (non-hydrogen) atoms. The van der Waals surface area contributed by atoms with E-state index in [1.807, 2.05) is 0 Å². The second kappa shape index (κ2) is 3.62. The molecule has 0 atom stereocenters. The normalized spacial score (nSPS) is 12.8. The molecule has 1 aromatic rings. The number of halogens is 2. The van der Waals surface area contributed by atoms with Crippen molar-refractivity contribution in [3.8, 4) is 0 Å². The smallest absolute Gasteiger partial charge is 0.281 e. The summed E-state index contributed by atoms with van der Waals surface area (Å²) in [4.78, 5) is 0. The molecule has 0 fully saturated rings. The van der Waals surface area contributed by atoms with Gasteiger partial charge < -0.3 is 0 Å². The summed E-state index contributed by atoms with van der Waals surface area (Å²) in [5.74, 6) is 0. The summed E-state index contributed by atoms with van der Waals surface area (Å²) in [5, 5.41) is -4.13. The van der Waals surface area contributed by atoms with Crippen LogP contribution in [0.4, 0.5) is 8.78 Å². The van der Waals surface area contributed by atoms with Crippen LogP contribution in [-0.4, -0.2) is 18.2 Å². The minimum atomic E-state index is -5.33. The van der Waals surface area contributed by atoms with Crippen molar-refractivity contribution in [1.29, 1.82) is 0 Å². The molecule has 0 saturated heterocycles. The lowest BCUT2D eigenvalue weighted by Crippen LogP contribution is -2.30. The van der Waals surface area contributed by atoms with Gasteiger partial charge in [-0.25, -0.2) is 0 Å². The van der Waals surface area contributed by atoms with Gasteiger partial charge in [-0.3, -0.25) is 4.55 Å². The number of hydrogen-bond donors (Lipinski definition) is 1. The third kappa shape index (κ3) is 2.49. The van der Waals surface area contributed by atoms with Crippen molar-refractivity contribution in [3.05, 3.63) is 35.9 Å². The van der Waals surface area contributed by atoms with Gasteiger partial charge in [0.25, 0.3) is 0 Å². The molecule has 0 unspecified atom stereocenters. The summed E-state index contributed by atoms with van der Waals surface area (Å²) in [6.07, 6.45) is -1.02. The van der Waals surface area contributed by atoms with E-state index in [0.29, 0.717) is 0 Å². The molecular weight excluding hydrogens is 214 g/mol. The lowest BCUT2D eigenvalue weighted by atomic mass is 10.2. The highest BCUT2D eigenvalue weighted by Gasteiger charge is 2.43. The van der Waals surface area contributed by atoms with Gasteiger partial charge in [0.2, 0.25) is 0 Å². The van der Waals surface area contributed by atoms with Crippen LogP contribution >= 0.6 is 0 Å². The molecular formula is C8H8F2O3S. The Kier molecular flexibility index (Phi) is 2.86. The van der Waals surface area contributed by atoms with Gasteiger partial charge in [-0.05, 0) is 5.56 Å². The van der Waals surface area contributed by atoms with E-state index in [0.717, 1.165) is 0 Å². The van der Waals surface area contributed by atoms with Gasteiger partial charge in [-0.2, -0.15) is 17.2 Å². The molecule has 1 N–H and O–H groups in total. The topological polar surface area (TPSA) is 54.4 Å². The van der Waals surface area contributed by atoms with Crippen molar-refractivity contribution in [2.45, 2.75) is 11.7 Å². The van der Waals surface area contributed by atoms with Gasteiger partial charge in [0.1, 0.15) is 0 Å². The Labute approximate surface area is 80.1 Å². The van der Waals surface area contributed by atoms with E-state index < -0.39 is 21.8 Å². The molecule has 1 rings (SSSR count). The maximum absolute atomic E-state index is 12.8. The van der Waals surface area contributed by atoms with Crippen molar-refractivity contribution < 1.29 is 21.8 Å². The molecule has 0 bridgehead atoms. The van der Waals surface area contributed by atoms with Gasteiger partial charge in [0.15, 0.2) is 0 Å². The number of benzene rings is 1. The molecule has 1 aromatic carbocycles. The second-order valence-corrected chi connectivity index (χ2v) is 4.32. The third-order valence-electron chi connectivity index (χ3n) is 1.63. The Morgan fingerprint density at radius 3 is 2.14 bits per heavy atom. The minimum Gasteiger partial charge on any atom is -0.281 e. The molecule has 0 amide bonds. The maximum atomic E-state index is 12.8. The average Bonchev–Trinajstić information content (AvgIpc) is 2.03. The Morgan fingerprint density at radius 2 is 1.71 bits per heavy atom. The number of rotatable bonds is 3. The van der Waals surface area contributed by atoms with Crippen molar-refractivity contribution >= 4 is 10.1 Å². The Morgan fingerprint density at radius 1 is 1.21 bits per heavy atom. The summed E-state index contributed by atoms with van der Waals surface area (Å²) < 4.78 is 54.3. The van der Waals surface area contributed by atoms with Crippen LogP contribution in [0.1, 0.15) is 5.56 Å². The zero-order chi connectivity index (χ0) is 10.8. The predicted molar refractivity (Wildman–Crippen MR) is 46.6 cm³/mol. The highest BCUT2D eigenvalue weighted by molar-refractivity contribution is 7.86. The molecule has 78 valence electrons. The van der Waals surface area contributed by atoms with Crippen molar-refractivity contribution in [3.63, 3.8) is 0 Å². The lowest BCUT2D eigenvalue weighted by Gasteiger charge is -2.12. The van der Waals surface area contributed by atoms with Crippen LogP contribution in [0.15, 0.2) is 30.3 Å².